The standard InChI is InChI=1S/C14H21N3O/c1-14(2,3)7-9(8-15)13-16-11-5-4-10(18)6-12(11)17-13/h4-6,9,18H,7-8,15H2,1-3H3,(H,16,17). The third kappa shape index (κ3) is 2.82. The fraction of sp³-hybridized carbons (Fsp3) is 0.500. The number of hydrogen-bond donors (Lipinski definition) is 3. The summed E-state index contributed by atoms with van der Waals surface area (Å²) in [5.41, 5.74) is 7.80. The monoisotopic (exact) mass is 247 g/mol. The number of aromatic hydroxyl groups is 1. The smallest absolute Gasteiger partial charge is 0.117 e. The van der Waals surface area contributed by atoms with Gasteiger partial charge in [-0.15, -0.1) is 0 Å². The first kappa shape index (κ1) is 12.9. The van der Waals surface area contributed by atoms with E-state index in [4.69, 9.17) is 5.73 Å². The van der Waals surface area contributed by atoms with Crippen molar-refractivity contribution in [1.29, 1.82) is 0 Å². The van der Waals surface area contributed by atoms with Crippen molar-refractivity contribution in [1.82, 2.24) is 9.97 Å². The van der Waals surface area contributed by atoms with E-state index < -0.39 is 0 Å². The first-order valence-electron chi connectivity index (χ1n) is 6.28. The number of nitrogens with one attached hydrogen (secondary N) is 1. The third-order valence-electron chi connectivity index (χ3n) is 3.01. The number of nitrogens with two attached hydrogens (primary N) is 1. The molecule has 0 bridgehead atoms. The summed E-state index contributed by atoms with van der Waals surface area (Å²) < 4.78 is 0. The molecule has 1 heterocycles. The van der Waals surface area contributed by atoms with Crippen LogP contribution in [0.4, 0.5) is 0 Å². The van der Waals surface area contributed by atoms with Gasteiger partial charge in [-0.2, -0.15) is 0 Å². The second-order valence-corrected chi connectivity index (χ2v) is 6.02. The van der Waals surface area contributed by atoms with Gasteiger partial charge in [-0.25, -0.2) is 4.98 Å². The number of phenols is 1. The summed E-state index contributed by atoms with van der Waals surface area (Å²) >= 11 is 0. The number of benzene rings is 1. The second-order valence-electron chi connectivity index (χ2n) is 6.02. The van der Waals surface area contributed by atoms with Crippen LogP contribution in [0.3, 0.4) is 0 Å². The number of phenolic OH excluding ortho intramolecular Hbond substituents is 1. The predicted octanol–water partition coefficient (Wildman–Crippen LogP) is 2.75. The Labute approximate surface area is 107 Å². The first-order valence-corrected chi connectivity index (χ1v) is 6.28. The molecule has 0 radical (unpaired) electrons. The largest absolute Gasteiger partial charge is 0.508 e. The van der Waals surface area contributed by atoms with Gasteiger partial charge in [-0.1, -0.05) is 20.8 Å². The van der Waals surface area contributed by atoms with E-state index in [1.54, 1.807) is 12.1 Å². The van der Waals surface area contributed by atoms with Gasteiger partial charge in [0.2, 0.25) is 0 Å². The van der Waals surface area contributed by atoms with E-state index in [1.807, 2.05) is 6.07 Å². The Hall–Kier alpha value is -1.55. The lowest BCUT2D eigenvalue weighted by Crippen LogP contribution is -2.20. The summed E-state index contributed by atoms with van der Waals surface area (Å²) in [6.45, 7) is 7.17. The molecule has 0 aliphatic rings. The predicted molar refractivity (Wildman–Crippen MR) is 73.6 cm³/mol. The molecule has 0 spiro atoms. The molecule has 2 aromatic rings. The Bertz CT molecular complexity index is 539. The Morgan fingerprint density at radius 1 is 1.39 bits per heavy atom. The van der Waals surface area contributed by atoms with Crippen molar-refractivity contribution < 1.29 is 5.11 Å². The number of imidazole rings is 1. The van der Waals surface area contributed by atoms with Gasteiger partial charge in [0.15, 0.2) is 0 Å². The zero-order valence-electron chi connectivity index (χ0n) is 11.2. The van der Waals surface area contributed by atoms with Gasteiger partial charge in [0.1, 0.15) is 11.6 Å². The molecule has 0 saturated carbocycles. The minimum Gasteiger partial charge on any atom is -0.508 e. The molecule has 0 fully saturated rings. The molecule has 18 heavy (non-hydrogen) atoms. The van der Waals surface area contributed by atoms with E-state index in [1.165, 1.54) is 0 Å². The zero-order chi connectivity index (χ0) is 13.3. The van der Waals surface area contributed by atoms with Gasteiger partial charge < -0.3 is 15.8 Å². The maximum Gasteiger partial charge on any atom is 0.117 e. The highest BCUT2D eigenvalue weighted by atomic mass is 16.3. The number of H-pyrrole nitrogens is 1. The van der Waals surface area contributed by atoms with Crippen LogP contribution in [0.15, 0.2) is 18.2 Å². The number of nitrogens with zero attached hydrogens (tertiary/aromatic N) is 1. The molecule has 0 aliphatic heterocycles. The molecule has 98 valence electrons. The van der Waals surface area contributed by atoms with E-state index in [0.29, 0.717) is 6.54 Å². The van der Waals surface area contributed by atoms with Crippen LogP contribution >= 0.6 is 0 Å². The van der Waals surface area contributed by atoms with Crippen molar-refractivity contribution in [2.45, 2.75) is 33.1 Å². The lowest BCUT2D eigenvalue weighted by molar-refractivity contribution is 0.337. The van der Waals surface area contributed by atoms with Crippen LogP contribution in [0.1, 0.15) is 38.9 Å². The molecule has 1 atom stereocenters. The highest BCUT2D eigenvalue weighted by molar-refractivity contribution is 5.76. The maximum absolute atomic E-state index is 9.45. The van der Waals surface area contributed by atoms with Crippen LogP contribution in [-0.4, -0.2) is 21.6 Å². The molecule has 0 aliphatic carbocycles. The van der Waals surface area contributed by atoms with Gasteiger partial charge in [0.25, 0.3) is 0 Å². The minimum atomic E-state index is 0.213. The van der Waals surface area contributed by atoms with Gasteiger partial charge in [-0.3, -0.25) is 0 Å². The lowest BCUT2D eigenvalue weighted by Gasteiger charge is -2.23. The lowest BCUT2D eigenvalue weighted by atomic mass is 9.84. The van der Waals surface area contributed by atoms with Gasteiger partial charge in [-0.05, 0) is 24.0 Å². The average molecular weight is 247 g/mol. The molecule has 0 amide bonds. The normalized spacial score (nSPS) is 14.0. The topological polar surface area (TPSA) is 74.9 Å². The van der Waals surface area contributed by atoms with Crippen molar-refractivity contribution >= 4 is 11.0 Å². The van der Waals surface area contributed by atoms with Gasteiger partial charge in [0, 0.05) is 18.5 Å². The Morgan fingerprint density at radius 2 is 2.11 bits per heavy atom. The Morgan fingerprint density at radius 3 is 2.72 bits per heavy atom. The van der Waals surface area contributed by atoms with E-state index in [0.717, 1.165) is 23.3 Å². The summed E-state index contributed by atoms with van der Waals surface area (Å²) in [4.78, 5) is 7.82. The second kappa shape index (κ2) is 4.61. The Balaban J connectivity index is 2.34. The molecule has 1 aromatic heterocycles. The highest BCUT2D eigenvalue weighted by Crippen LogP contribution is 2.30. The molecule has 1 aromatic carbocycles. The van der Waals surface area contributed by atoms with Crippen molar-refractivity contribution in [3.63, 3.8) is 0 Å². The number of aromatic amines is 1. The zero-order valence-corrected chi connectivity index (χ0v) is 11.2. The number of rotatable bonds is 3. The van der Waals surface area contributed by atoms with E-state index in [9.17, 15) is 5.11 Å². The summed E-state index contributed by atoms with van der Waals surface area (Å²) in [5.74, 6) is 1.38. The van der Waals surface area contributed by atoms with Crippen LogP contribution in [0.25, 0.3) is 11.0 Å². The molecule has 0 saturated heterocycles. The first-order chi connectivity index (χ1) is 8.39. The molecule has 2 rings (SSSR count). The van der Waals surface area contributed by atoms with Crippen molar-refractivity contribution in [2.75, 3.05) is 6.54 Å². The van der Waals surface area contributed by atoms with Crippen LogP contribution in [0.5, 0.6) is 5.75 Å². The molecule has 4 N–H and O–H groups in total. The average Bonchev–Trinajstić information content (AvgIpc) is 2.67. The summed E-state index contributed by atoms with van der Waals surface area (Å²) in [5, 5.41) is 9.45. The quantitative estimate of drug-likeness (QED) is 0.780. The highest BCUT2D eigenvalue weighted by Gasteiger charge is 2.21. The van der Waals surface area contributed by atoms with Crippen LogP contribution in [0, 0.1) is 5.41 Å². The van der Waals surface area contributed by atoms with E-state index in [-0.39, 0.29) is 17.1 Å². The minimum absolute atomic E-state index is 0.213. The van der Waals surface area contributed by atoms with Crippen molar-refractivity contribution in [3.05, 3.63) is 24.0 Å². The Kier molecular flexibility index (Phi) is 3.30. The third-order valence-corrected chi connectivity index (χ3v) is 3.01. The fourth-order valence-electron chi connectivity index (χ4n) is 2.24. The number of aromatic nitrogens is 2. The molecule has 1 unspecified atom stereocenters. The van der Waals surface area contributed by atoms with Crippen LogP contribution < -0.4 is 5.73 Å². The van der Waals surface area contributed by atoms with Gasteiger partial charge >= 0.3 is 0 Å². The SMILES string of the molecule is CC(C)(C)CC(CN)c1nc2ccc(O)cc2[nH]1. The summed E-state index contributed by atoms with van der Waals surface area (Å²) in [6, 6.07) is 5.15. The molecular weight excluding hydrogens is 226 g/mol. The van der Waals surface area contributed by atoms with Crippen LogP contribution in [-0.2, 0) is 0 Å². The van der Waals surface area contributed by atoms with E-state index in [2.05, 4.69) is 30.7 Å². The summed E-state index contributed by atoms with van der Waals surface area (Å²) in [7, 11) is 0. The van der Waals surface area contributed by atoms with Crippen LogP contribution in [0.2, 0.25) is 0 Å². The van der Waals surface area contributed by atoms with Crippen molar-refractivity contribution in [3.8, 4) is 5.75 Å². The molecule has 4 nitrogen and oxygen atoms in total. The molecule has 4 heteroatoms. The number of fused-ring (bicyclic) bond motifs is 1. The van der Waals surface area contributed by atoms with Gasteiger partial charge in [0.05, 0.1) is 11.0 Å². The molecular formula is C14H21N3O. The number of hydrogen-bond acceptors (Lipinski definition) is 3. The van der Waals surface area contributed by atoms with Crippen molar-refractivity contribution in [2.24, 2.45) is 11.1 Å². The fourth-order valence-corrected chi connectivity index (χ4v) is 2.24. The van der Waals surface area contributed by atoms with E-state index >= 15 is 0 Å². The summed E-state index contributed by atoms with van der Waals surface area (Å²) in [6.07, 6.45) is 0.981. The maximum atomic E-state index is 9.45.